The number of nitrogens with zero attached hydrogens (tertiary/aromatic N) is 2. The fourth-order valence-electron chi connectivity index (χ4n) is 3.40. The van der Waals surface area contributed by atoms with E-state index in [1.54, 1.807) is 41.3 Å². The first-order valence-electron chi connectivity index (χ1n) is 10.4. The van der Waals surface area contributed by atoms with E-state index >= 15 is 0 Å². The minimum Gasteiger partial charge on any atom is -0.486 e. The van der Waals surface area contributed by atoms with Crippen LogP contribution >= 0.6 is 11.3 Å². The Balaban J connectivity index is 1.53. The molecule has 1 atom stereocenters. The number of benzene rings is 2. The molecule has 0 unspecified atom stereocenters. The fourth-order valence-corrected chi connectivity index (χ4v) is 3.99. The molecular formula is C24H24N2O5S. The Hall–Kier alpha value is -3.23. The Morgan fingerprint density at radius 2 is 1.81 bits per heavy atom. The van der Waals surface area contributed by atoms with Gasteiger partial charge in [-0.15, -0.1) is 11.3 Å². The number of morpholine rings is 1. The third-order valence-corrected chi connectivity index (χ3v) is 5.85. The zero-order valence-corrected chi connectivity index (χ0v) is 18.5. The van der Waals surface area contributed by atoms with E-state index in [0.29, 0.717) is 37.6 Å². The first kappa shape index (κ1) is 22.0. The molecule has 1 aliphatic heterocycles. The van der Waals surface area contributed by atoms with Gasteiger partial charge in [0.1, 0.15) is 17.9 Å². The number of amides is 1. The van der Waals surface area contributed by atoms with Crippen molar-refractivity contribution < 1.29 is 23.8 Å². The SMILES string of the molecule is Cc1nc(COc2ccccc2C(=O)O[C@H](C(=O)N2CCOCC2)c2ccccc2)cs1. The molecular weight excluding hydrogens is 428 g/mol. The summed E-state index contributed by atoms with van der Waals surface area (Å²) in [5.41, 5.74) is 1.67. The van der Waals surface area contributed by atoms with Crippen LogP contribution in [0.25, 0.3) is 0 Å². The van der Waals surface area contributed by atoms with E-state index in [-0.39, 0.29) is 18.1 Å². The summed E-state index contributed by atoms with van der Waals surface area (Å²) >= 11 is 1.54. The van der Waals surface area contributed by atoms with Crippen LogP contribution in [0.3, 0.4) is 0 Å². The summed E-state index contributed by atoms with van der Waals surface area (Å²) in [4.78, 5) is 32.4. The summed E-state index contributed by atoms with van der Waals surface area (Å²) in [7, 11) is 0. The van der Waals surface area contributed by atoms with E-state index in [1.165, 1.54) is 11.3 Å². The van der Waals surface area contributed by atoms with Crippen LogP contribution in [0.4, 0.5) is 0 Å². The second kappa shape index (κ2) is 10.4. The van der Waals surface area contributed by atoms with Crippen molar-refractivity contribution in [1.82, 2.24) is 9.88 Å². The Morgan fingerprint density at radius 1 is 1.09 bits per heavy atom. The van der Waals surface area contributed by atoms with Gasteiger partial charge in [-0.3, -0.25) is 4.79 Å². The Morgan fingerprint density at radius 3 is 2.53 bits per heavy atom. The lowest BCUT2D eigenvalue weighted by atomic mass is 10.1. The number of hydrogen-bond acceptors (Lipinski definition) is 7. The van der Waals surface area contributed by atoms with Crippen LogP contribution in [0.5, 0.6) is 5.75 Å². The molecule has 2 heterocycles. The second-order valence-electron chi connectivity index (χ2n) is 7.28. The van der Waals surface area contributed by atoms with Crippen molar-refractivity contribution in [3.8, 4) is 5.75 Å². The number of hydrogen-bond donors (Lipinski definition) is 0. The van der Waals surface area contributed by atoms with E-state index in [1.807, 2.05) is 30.5 Å². The zero-order chi connectivity index (χ0) is 22.3. The highest BCUT2D eigenvalue weighted by Crippen LogP contribution is 2.26. The molecule has 2 aromatic carbocycles. The van der Waals surface area contributed by atoms with Gasteiger partial charge in [-0.2, -0.15) is 0 Å². The largest absolute Gasteiger partial charge is 0.486 e. The number of aromatic nitrogens is 1. The molecule has 166 valence electrons. The van der Waals surface area contributed by atoms with E-state index in [9.17, 15) is 9.59 Å². The van der Waals surface area contributed by atoms with Crippen molar-refractivity contribution in [1.29, 1.82) is 0 Å². The standard InChI is InChI=1S/C24H24N2O5S/c1-17-25-19(16-32-17)15-30-21-10-6-5-9-20(21)24(28)31-22(18-7-3-2-4-8-18)23(27)26-11-13-29-14-12-26/h2-10,16,22H,11-15H2,1H3/t22-/m0/s1. The first-order chi connectivity index (χ1) is 15.6. The van der Waals surface area contributed by atoms with Gasteiger partial charge in [0.25, 0.3) is 5.91 Å². The third kappa shape index (κ3) is 5.33. The third-order valence-electron chi connectivity index (χ3n) is 5.02. The van der Waals surface area contributed by atoms with E-state index < -0.39 is 12.1 Å². The molecule has 0 bridgehead atoms. The topological polar surface area (TPSA) is 78.0 Å². The number of para-hydroxylation sites is 1. The van der Waals surface area contributed by atoms with Gasteiger partial charge in [-0.1, -0.05) is 42.5 Å². The molecule has 3 aromatic rings. The molecule has 1 saturated heterocycles. The summed E-state index contributed by atoms with van der Waals surface area (Å²) in [5.74, 6) is -0.497. The van der Waals surface area contributed by atoms with E-state index in [4.69, 9.17) is 14.2 Å². The van der Waals surface area contributed by atoms with Crippen molar-refractivity contribution >= 4 is 23.2 Å². The summed E-state index contributed by atoms with van der Waals surface area (Å²) in [6, 6.07) is 15.9. The van der Waals surface area contributed by atoms with Gasteiger partial charge >= 0.3 is 5.97 Å². The lowest BCUT2D eigenvalue weighted by Gasteiger charge is -2.30. The molecule has 0 N–H and O–H groups in total. The van der Waals surface area contributed by atoms with Crippen LogP contribution in [-0.4, -0.2) is 48.1 Å². The van der Waals surface area contributed by atoms with E-state index in [2.05, 4.69) is 4.98 Å². The summed E-state index contributed by atoms with van der Waals surface area (Å²) in [6.45, 7) is 4.03. The highest BCUT2D eigenvalue weighted by molar-refractivity contribution is 7.09. The maximum absolute atomic E-state index is 13.2. The average Bonchev–Trinajstić information content (AvgIpc) is 3.27. The lowest BCUT2D eigenvalue weighted by molar-refractivity contribution is -0.145. The second-order valence-corrected chi connectivity index (χ2v) is 8.34. The van der Waals surface area contributed by atoms with Gasteiger partial charge in [-0.05, 0) is 19.1 Å². The number of ether oxygens (including phenoxy) is 3. The predicted molar refractivity (Wildman–Crippen MR) is 120 cm³/mol. The van der Waals surface area contributed by atoms with E-state index in [0.717, 1.165) is 10.7 Å². The van der Waals surface area contributed by atoms with Crippen molar-refractivity contribution in [2.45, 2.75) is 19.6 Å². The number of aryl methyl sites for hydroxylation is 1. The Bertz CT molecular complexity index is 1060. The van der Waals surface area contributed by atoms with Gasteiger partial charge in [0.2, 0.25) is 6.10 Å². The summed E-state index contributed by atoms with van der Waals surface area (Å²) < 4.78 is 17.0. The first-order valence-corrected chi connectivity index (χ1v) is 11.2. The maximum atomic E-state index is 13.2. The summed E-state index contributed by atoms with van der Waals surface area (Å²) in [6.07, 6.45) is -1.05. The van der Waals surface area contributed by atoms with Gasteiger partial charge in [0, 0.05) is 24.0 Å². The molecule has 0 aliphatic carbocycles. The molecule has 1 aromatic heterocycles. The molecule has 0 spiro atoms. The van der Waals surface area contributed by atoms with Gasteiger partial charge in [0.15, 0.2) is 0 Å². The van der Waals surface area contributed by atoms with Crippen LogP contribution in [-0.2, 0) is 20.9 Å². The molecule has 8 heteroatoms. The number of carbonyl (C=O) groups excluding carboxylic acids is 2. The average molecular weight is 453 g/mol. The van der Waals surface area contributed by atoms with Gasteiger partial charge < -0.3 is 19.1 Å². The quantitative estimate of drug-likeness (QED) is 0.508. The minimum absolute atomic E-state index is 0.240. The molecule has 1 aliphatic rings. The van der Waals surface area contributed by atoms with Crippen molar-refractivity contribution in [3.05, 3.63) is 81.8 Å². The van der Waals surface area contributed by atoms with Gasteiger partial charge in [-0.25, -0.2) is 9.78 Å². The van der Waals surface area contributed by atoms with Crippen LogP contribution < -0.4 is 4.74 Å². The highest BCUT2D eigenvalue weighted by atomic mass is 32.1. The van der Waals surface area contributed by atoms with Gasteiger partial charge in [0.05, 0.1) is 23.9 Å². The molecule has 1 amide bonds. The smallest absolute Gasteiger partial charge is 0.343 e. The molecule has 1 fully saturated rings. The number of thiazole rings is 1. The molecule has 0 saturated carbocycles. The minimum atomic E-state index is -1.05. The lowest BCUT2D eigenvalue weighted by Crippen LogP contribution is -2.44. The Labute approximate surface area is 190 Å². The molecule has 0 radical (unpaired) electrons. The predicted octanol–water partition coefficient (Wildman–Crippen LogP) is 3.79. The van der Waals surface area contributed by atoms with Crippen molar-refractivity contribution in [2.24, 2.45) is 0 Å². The van der Waals surface area contributed by atoms with Crippen molar-refractivity contribution in [2.75, 3.05) is 26.3 Å². The van der Waals surface area contributed by atoms with Crippen LogP contribution in [0.2, 0.25) is 0 Å². The highest BCUT2D eigenvalue weighted by Gasteiger charge is 2.31. The monoisotopic (exact) mass is 452 g/mol. The zero-order valence-electron chi connectivity index (χ0n) is 17.7. The Kier molecular flexibility index (Phi) is 7.14. The van der Waals surface area contributed by atoms with Crippen LogP contribution in [0.15, 0.2) is 60.0 Å². The number of esters is 1. The molecule has 4 rings (SSSR count). The fraction of sp³-hybridized carbons (Fsp3) is 0.292. The summed E-state index contributed by atoms with van der Waals surface area (Å²) in [5, 5.41) is 2.87. The van der Waals surface area contributed by atoms with Crippen LogP contribution in [0.1, 0.15) is 32.7 Å². The van der Waals surface area contributed by atoms with Crippen LogP contribution in [0, 0.1) is 6.92 Å². The maximum Gasteiger partial charge on any atom is 0.343 e. The normalized spacial score (nSPS) is 14.6. The number of rotatable bonds is 7. The number of carbonyl (C=O) groups is 2. The van der Waals surface area contributed by atoms with Crippen molar-refractivity contribution in [3.63, 3.8) is 0 Å². The molecule has 32 heavy (non-hydrogen) atoms. The molecule has 7 nitrogen and oxygen atoms in total.